The number of nitrogens with one attached hydrogen (secondary N) is 1. The molecule has 0 spiro atoms. The fourth-order valence-corrected chi connectivity index (χ4v) is 3.89. The first-order valence-corrected chi connectivity index (χ1v) is 9.11. The number of likely N-dealkylation sites (tertiary alicyclic amines) is 1. The highest BCUT2D eigenvalue weighted by Gasteiger charge is 2.31. The first-order valence-electron chi connectivity index (χ1n) is 8.23. The largest absolute Gasteiger partial charge is 0.339 e. The number of carbonyl (C=O) groups is 2. The molecule has 5 heteroatoms. The van der Waals surface area contributed by atoms with Gasteiger partial charge >= 0.3 is 0 Å². The van der Waals surface area contributed by atoms with Crippen LogP contribution in [0.3, 0.4) is 0 Å². The van der Waals surface area contributed by atoms with Crippen molar-refractivity contribution in [1.82, 2.24) is 4.90 Å². The molecule has 1 N–H and O–H groups in total. The van der Waals surface area contributed by atoms with Crippen LogP contribution in [0, 0.1) is 5.92 Å². The lowest BCUT2D eigenvalue weighted by Crippen LogP contribution is -2.48. The van der Waals surface area contributed by atoms with Crippen LogP contribution in [-0.2, 0) is 9.59 Å². The van der Waals surface area contributed by atoms with Crippen molar-refractivity contribution in [2.45, 2.75) is 56.7 Å². The average molecular weight is 334 g/mol. The van der Waals surface area contributed by atoms with Crippen molar-refractivity contribution in [2.75, 3.05) is 11.9 Å². The highest BCUT2D eigenvalue weighted by atomic mass is 32.2. The highest BCUT2D eigenvalue weighted by Crippen LogP contribution is 2.29. The summed E-state index contributed by atoms with van der Waals surface area (Å²) in [6.07, 6.45) is 2.30. The number of rotatable bonds is 4. The van der Waals surface area contributed by atoms with E-state index >= 15 is 0 Å². The van der Waals surface area contributed by atoms with E-state index in [1.54, 1.807) is 11.8 Å². The standard InChI is InChI=1S/C18H26N2O2S/c1-12-6-5-11-20(13(12)2)18(22)14(3)23-17-9-7-16(8-10-17)19-15(4)21/h7-10,12-14H,5-6,11H2,1-4H3,(H,19,21)/t12-,13+,14+/m0/s1. The van der Waals surface area contributed by atoms with Gasteiger partial charge in [0, 0.05) is 30.1 Å². The van der Waals surface area contributed by atoms with Crippen molar-refractivity contribution in [3.05, 3.63) is 24.3 Å². The monoisotopic (exact) mass is 334 g/mol. The van der Waals surface area contributed by atoms with E-state index in [4.69, 9.17) is 0 Å². The van der Waals surface area contributed by atoms with Crippen LogP contribution in [0.2, 0.25) is 0 Å². The van der Waals surface area contributed by atoms with Gasteiger partial charge in [-0.25, -0.2) is 0 Å². The number of benzene rings is 1. The molecule has 1 heterocycles. The van der Waals surface area contributed by atoms with Crippen LogP contribution in [-0.4, -0.2) is 34.6 Å². The van der Waals surface area contributed by atoms with Gasteiger partial charge in [-0.2, -0.15) is 0 Å². The van der Waals surface area contributed by atoms with Gasteiger partial charge in [-0.05, 0) is 56.9 Å². The van der Waals surface area contributed by atoms with Gasteiger partial charge < -0.3 is 10.2 Å². The predicted molar refractivity (Wildman–Crippen MR) is 95.6 cm³/mol. The predicted octanol–water partition coefficient (Wildman–Crippen LogP) is 3.77. The maximum atomic E-state index is 12.7. The highest BCUT2D eigenvalue weighted by molar-refractivity contribution is 8.00. The molecule has 126 valence electrons. The summed E-state index contributed by atoms with van der Waals surface area (Å²) in [4.78, 5) is 26.8. The van der Waals surface area contributed by atoms with Gasteiger partial charge in [0.25, 0.3) is 0 Å². The van der Waals surface area contributed by atoms with E-state index in [1.807, 2.05) is 36.1 Å². The second kappa shape index (κ2) is 7.86. The lowest BCUT2D eigenvalue weighted by atomic mass is 9.92. The summed E-state index contributed by atoms with van der Waals surface area (Å²) in [7, 11) is 0. The smallest absolute Gasteiger partial charge is 0.236 e. The summed E-state index contributed by atoms with van der Waals surface area (Å²) in [5.41, 5.74) is 0.777. The minimum absolute atomic E-state index is 0.0813. The number of anilines is 1. The van der Waals surface area contributed by atoms with Gasteiger partial charge in [-0.3, -0.25) is 9.59 Å². The van der Waals surface area contributed by atoms with Crippen LogP contribution in [0.5, 0.6) is 0 Å². The number of hydrogen-bond acceptors (Lipinski definition) is 3. The lowest BCUT2D eigenvalue weighted by Gasteiger charge is -2.39. The lowest BCUT2D eigenvalue weighted by molar-refractivity contribution is -0.134. The molecule has 1 aromatic rings. The zero-order chi connectivity index (χ0) is 17.0. The van der Waals surface area contributed by atoms with Crippen molar-refractivity contribution >= 4 is 29.3 Å². The van der Waals surface area contributed by atoms with Gasteiger partial charge in [0.2, 0.25) is 11.8 Å². The molecule has 2 amide bonds. The van der Waals surface area contributed by atoms with E-state index in [9.17, 15) is 9.59 Å². The molecule has 1 fully saturated rings. The van der Waals surface area contributed by atoms with E-state index < -0.39 is 0 Å². The minimum Gasteiger partial charge on any atom is -0.339 e. The zero-order valence-electron chi connectivity index (χ0n) is 14.3. The average Bonchev–Trinajstić information content (AvgIpc) is 2.50. The maximum absolute atomic E-state index is 12.7. The van der Waals surface area contributed by atoms with E-state index in [0.717, 1.165) is 23.5 Å². The van der Waals surface area contributed by atoms with Crippen LogP contribution >= 0.6 is 11.8 Å². The molecule has 1 aliphatic rings. The SMILES string of the molecule is CC(=O)Nc1ccc(S[C@H](C)C(=O)N2CCC[C@H](C)[C@H]2C)cc1. The summed E-state index contributed by atoms with van der Waals surface area (Å²) in [6, 6.07) is 7.95. The van der Waals surface area contributed by atoms with Gasteiger partial charge in [0.05, 0.1) is 5.25 Å². The second-order valence-electron chi connectivity index (χ2n) is 6.36. The maximum Gasteiger partial charge on any atom is 0.236 e. The third-order valence-corrected chi connectivity index (χ3v) is 5.59. The van der Waals surface area contributed by atoms with Crippen molar-refractivity contribution in [3.63, 3.8) is 0 Å². The summed E-state index contributed by atoms with van der Waals surface area (Å²) in [6.45, 7) is 8.71. The molecular weight excluding hydrogens is 308 g/mol. The molecular formula is C18H26N2O2S. The van der Waals surface area contributed by atoms with E-state index in [-0.39, 0.29) is 17.1 Å². The van der Waals surface area contributed by atoms with Crippen LogP contribution in [0.15, 0.2) is 29.2 Å². The van der Waals surface area contributed by atoms with Gasteiger partial charge in [0.1, 0.15) is 0 Å². The Balaban J connectivity index is 1.96. The Morgan fingerprint density at radius 3 is 2.52 bits per heavy atom. The fraction of sp³-hybridized carbons (Fsp3) is 0.556. The number of amides is 2. The normalized spacial score (nSPS) is 22.5. The molecule has 0 aromatic heterocycles. The molecule has 2 rings (SSSR count). The molecule has 4 nitrogen and oxygen atoms in total. The third kappa shape index (κ3) is 4.74. The minimum atomic E-state index is -0.102. The zero-order valence-corrected chi connectivity index (χ0v) is 15.2. The molecule has 1 saturated heterocycles. The van der Waals surface area contributed by atoms with Crippen LogP contribution in [0.1, 0.15) is 40.5 Å². The van der Waals surface area contributed by atoms with Crippen LogP contribution in [0.4, 0.5) is 5.69 Å². The Kier molecular flexibility index (Phi) is 6.10. The molecule has 0 aliphatic carbocycles. The summed E-state index contributed by atoms with van der Waals surface area (Å²) in [5, 5.41) is 2.64. The van der Waals surface area contributed by atoms with Gasteiger partial charge in [-0.1, -0.05) is 6.92 Å². The second-order valence-corrected chi connectivity index (χ2v) is 7.77. The first-order chi connectivity index (χ1) is 10.9. The number of carbonyl (C=O) groups excluding carboxylic acids is 2. The van der Waals surface area contributed by atoms with Crippen LogP contribution in [0.25, 0.3) is 0 Å². The number of piperidine rings is 1. The van der Waals surface area contributed by atoms with Crippen molar-refractivity contribution in [1.29, 1.82) is 0 Å². The van der Waals surface area contributed by atoms with E-state index in [1.165, 1.54) is 13.3 Å². The van der Waals surface area contributed by atoms with Gasteiger partial charge in [-0.15, -0.1) is 11.8 Å². The third-order valence-electron chi connectivity index (χ3n) is 4.49. The molecule has 0 radical (unpaired) electrons. The van der Waals surface area contributed by atoms with Crippen LogP contribution < -0.4 is 5.32 Å². The molecule has 1 aliphatic heterocycles. The molecule has 3 atom stereocenters. The Morgan fingerprint density at radius 2 is 1.91 bits per heavy atom. The molecule has 0 unspecified atom stereocenters. The Labute approximate surface area is 143 Å². The Hall–Kier alpha value is -1.49. The van der Waals surface area contributed by atoms with E-state index in [0.29, 0.717) is 12.0 Å². The summed E-state index contributed by atoms with van der Waals surface area (Å²) < 4.78 is 0. The fourth-order valence-electron chi connectivity index (χ4n) is 2.95. The molecule has 0 saturated carbocycles. The van der Waals surface area contributed by atoms with Crippen molar-refractivity contribution in [2.24, 2.45) is 5.92 Å². The number of thioether (sulfide) groups is 1. The van der Waals surface area contributed by atoms with Gasteiger partial charge in [0.15, 0.2) is 0 Å². The molecule has 23 heavy (non-hydrogen) atoms. The van der Waals surface area contributed by atoms with Crippen molar-refractivity contribution < 1.29 is 9.59 Å². The number of hydrogen-bond donors (Lipinski definition) is 1. The first kappa shape index (κ1) is 17.9. The molecule has 0 bridgehead atoms. The molecule has 1 aromatic carbocycles. The topological polar surface area (TPSA) is 49.4 Å². The van der Waals surface area contributed by atoms with E-state index in [2.05, 4.69) is 19.2 Å². The summed E-state index contributed by atoms with van der Waals surface area (Å²) >= 11 is 1.57. The summed E-state index contributed by atoms with van der Waals surface area (Å²) in [5.74, 6) is 0.712. The van der Waals surface area contributed by atoms with Crippen molar-refractivity contribution in [3.8, 4) is 0 Å². The Bertz CT molecular complexity index is 559. The Morgan fingerprint density at radius 1 is 1.26 bits per heavy atom. The quantitative estimate of drug-likeness (QED) is 0.853. The number of nitrogens with zero attached hydrogens (tertiary/aromatic N) is 1.